The lowest BCUT2D eigenvalue weighted by Crippen LogP contribution is -2.23. The van der Waals surface area contributed by atoms with Crippen molar-refractivity contribution in [2.75, 3.05) is 0 Å². The van der Waals surface area contributed by atoms with Gasteiger partial charge in [-0.25, -0.2) is 18.1 Å². The lowest BCUT2D eigenvalue weighted by Gasteiger charge is -2.08. The smallest absolute Gasteiger partial charge is 0.242 e. The molecule has 0 bridgehead atoms. The molecule has 5 nitrogen and oxygen atoms in total. The van der Waals surface area contributed by atoms with Gasteiger partial charge in [0, 0.05) is 11.1 Å². The van der Waals surface area contributed by atoms with Crippen molar-refractivity contribution in [2.45, 2.75) is 25.0 Å². The first-order valence-corrected chi connectivity index (χ1v) is 8.40. The Morgan fingerprint density at radius 3 is 2.80 bits per heavy atom. The van der Waals surface area contributed by atoms with Crippen LogP contribution in [0.4, 0.5) is 0 Å². The first-order valence-electron chi connectivity index (χ1n) is 5.72. The van der Waals surface area contributed by atoms with E-state index >= 15 is 0 Å². The molecule has 0 saturated heterocycles. The second kappa shape index (κ2) is 6.19. The van der Waals surface area contributed by atoms with Crippen LogP contribution in [0.1, 0.15) is 15.4 Å². The lowest BCUT2D eigenvalue weighted by atomic mass is 10.2. The highest BCUT2D eigenvalue weighted by Gasteiger charge is 2.18. The van der Waals surface area contributed by atoms with E-state index in [-0.39, 0.29) is 23.1 Å². The minimum absolute atomic E-state index is 0.0426. The summed E-state index contributed by atoms with van der Waals surface area (Å²) in [5.41, 5.74) is 0.486. The molecular weight excluding hydrogens is 320 g/mol. The normalized spacial score (nSPS) is 11.8. The minimum atomic E-state index is -3.74. The highest BCUT2D eigenvalue weighted by atomic mass is 35.5. The van der Waals surface area contributed by atoms with E-state index in [0.717, 1.165) is 4.88 Å². The highest BCUT2D eigenvalue weighted by molar-refractivity contribution is 7.89. The summed E-state index contributed by atoms with van der Waals surface area (Å²) in [4.78, 5) is 5.06. The fraction of sp³-hybridized carbons (Fsp3) is 0.250. The minimum Gasteiger partial charge on any atom is -0.392 e. The van der Waals surface area contributed by atoms with Crippen LogP contribution >= 0.6 is 22.9 Å². The Hall–Kier alpha value is -0.990. The maximum absolute atomic E-state index is 12.2. The van der Waals surface area contributed by atoms with Crippen LogP contribution in [-0.4, -0.2) is 18.5 Å². The lowest BCUT2D eigenvalue weighted by molar-refractivity contribution is 0.281. The molecule has 0 aliphatic rings. The molecule has 0 spiro atoms. The Balaban J connectivity index is 2.21. The molecule has 0 unspecified atom stereocenters. The van der Waals surface area contributed by atoms with Crippen LogP contribution in [0.3, 0.4) is 0 Å². The molecule has 0 fully saturated rings. The molecule has 0 radical (unpaired) electrons. The van der Waals surface area contributed by atoms with E-state index in [1.165, 1.54) is 23.5 Å². The molecule has 2 aromatic rings. The van der Waals surface area contributed by atoms with E-state index in [0.29, 0.717) is 10.6 Å². The van der Waals surface area contributed by atoms with Crippen LogP contribution in [0.15, 0.2) is 29.3 Å². The van der Waals surface area contributed by atoms with Gasteiger partial charge in [0.05, 0.1) is 18.2 Å². The van der Waals surface area contributed by atoms with E-state index in [9.17, 15) is 8.42 Å². The third-order valence-corrected chi connectivity index (χ3v) is 5.35. The molecule has 0 aliphatic heterocycles. The summed E-state index contributed by atoms with van der Waals surface area (Å²) in [6, 6.07) is 4.39. The number of aliphatic hydroxyl groups excluding tert-OH is 1. The number of hydrogen-bond acceptors (Lipinski definition) is 5. The van der Waals surface area contributed by atoms with Gasteiger partial charge in [0.25, 0.3) is 0 Å². The summed E-state index contributed by atoms with van der Waals surface area (Å²) in [7, 11) is -3.74. The summed E-state index contributed by atoms with van der Waals surface area (Å²) in [5.74, 6) is 0. The Labute approximate surface area is 126 Å². The van der Waals surface area contributed by atoms with E-state index in [4.69, 9.17) is 16.7 Å². The number of nitrogens with one attached hydrogen (secondary N) is 1. The van der Waals surface area contributed by atoms with Gasteiger partial charge in [-0.2, -0.15) is 0 Å². The van der Waals surface area contributed by atoms with Crippen molar-refractivity contribution >= 4 is 33.0 Å². The van der Waals surface area contributed by atoms with Crippen molar-refractivity contribution in [3.63, 3.8) is 0 Å². The van der Waals surface area contributed by atoms with E-state index in [2.05, 4.69) is 9.71 Å². The molecule has 20 heavy (non-hydrogen) atoms. The number of rotatable bonds is 5. The topological polar surface area (TPSA) is 79.3 Å². The number of aromatic nitrogens is 1. The molecule has 2 N–H and O–H groups in total. The number of aliphatic hydroxyl groups is 1. The fourth-order valence-electron chi connectivity index (χ4n) is 1.57. The number of hydrogen-bond donors (Lipinski definition) is 2. The van der Waals surface area contributed by atoms with Crippen molar-refractivity contribution in [2.24, 2.45) is 0 Å². The predicted octanol–water partition coefficient (Wildman–Crippen LogP) is 2.08. The average Bonchev–Trinajstić information content (AvgIpc) is 2.83. The largest absolute Gasteiger partial charge is 0.392 e. The number of benzene rings is 1. The van der Waals surface area contributed by atoms with Crippen molar-refractivity contribution in [1.29, 1.82) is 0 Å². The third kappa shape index (κ3) is 3.56. The van der Waals surface area contributed by atoms with Gasteiger partial charge < -0.3 is 5.11 Å². The second-order valence-electron chi connectivity index (χ2n) is 4.11. The van der Waals surface area contributed by atoms with E-state index < -0.39 is 10.0 Å². The number of sulfonamides is 1. The molecule has 0 atom stereocenters. The van der Waals surface area contributed by atoms with Gasteiger partial charge >= 0.3 is 0 Å². The Morgan fingerprint density at radius 1 is 1.45 bits per heavy atom. The Kier molecular flexibility index (Phi) is 4.77. The molecular formula is C12H13ClN2O3S2. The SMILES string of the molecule is Cc1cnc(CNS(=O)(=O)c2cc(CO)ccc2Cl)s1. The molecule has 0 saturated carbocycles. The maximum Gasteiger partial charge on any atom is 0.242 e. The van der Waals surface area contributed by atoms with Gasteiger partial charge in [0.1, 0.15) is 9.90 Å². The molecule has 2 rings (SSSR count). The summed E-state index contributed by atoms with van der Waals surface area (Å²) in [6.45, 7) is 1.77. The summed E-state index contributed by atoms with van der Waals surface area (Å²) in [5, 5.41) is 9.86. The highest BCUT2D eigenvalue weighted by Crippen LogP contribution is 2.23. The average molecular weight is 333 g/mol. The van der Waals surface area contributed by atoms with Gasteiger partial charge in [0.2, 0.25) is 10.0 Å². The zero-order valence-corrected chi connectivity index (χ0v) is 13.0. The molecule has 1 heterocycles. The monoisotopic (exact) mass is 332 g/mol. The molecule has 1 aromatic carbocycles. The zero-order chi connectivity index (χ0) is 14.8. The van der Waals surface area contributed by atoms with Crippen LogP contribution in [0.2, 0.25) is 5.02 Å². The number of aryl methyl sites for hydroxylation is 1. The maximum atomic E-state index is 12.2. The number of nitrogens with zero attached hydrogens (tertiary/aromatic N) is 1. The van der Waals surface area contributed by atoms with E-state index in [1.54, 1.807) is 12.3 Å². The first-order chi connectivity index (χ1) is 9.42. The molecule has 0 aliphatic carbocycles. The summed E-state index contributed by atoms with van der Waals surface area (Å²) < 4.78 is 26.9. The predicted molar refractivity (Wildman–Crippen MR) is 78.3 cm³/mol. The first kappa shape index (κ1) is 15.4. The van der Waals surface area contributed by atoms with Crippen molar-refractivity contribution < 1.29 is 13.5 Å². The fourth-order valence-corrected chi connectivity index (χ4v) is 3.92. The molecule has 108 valence electrons. The third-order valence-electron chi connectivity index (χ3n) is 2.55. The standard InChI is InChI=1S/C12H13ClN2O3S2/c1-8-5-14-12(19-8)6-15-20(17,18)11-4-9(7-16)2-3-10(11)13/h2-5,15-16H,6-7H2,1H3. The zero-order valence-electron chi connectivity index (χ0n) is 10.6. The van der Waals surface area contributed by atoms with Crippen LogP contribution < -0.4 is 4.72 Å². The quantitative estimate of drug-likeness (QED) is 0.878. The van der Waals surface area contributed by atoms with Crippen LogP contribution in [0.5, 0.6) is 0 Å². The Bertz CT molecular complexity index is 713. The molecule has 1 aromatic heterocycles. The van der Waals surface area contributed by atoms with Crippen molar-refractivity contribution in [3.8, 4) is 0 Å². The van der Waals surface area contributed by atoms with Gasteiger partial charge in [-0.05, 0) is 24.6 Å². The molecule has 0 amide bonds. The second-order valence-corrected chi connectivity index (χ2v) is 7.57. The summed E-state index contributed by atoms with van der Waals surface area (Å²) in [6.07, 6.45) is 1.69. The number of thiazole rings is 1. The van der Waals surface area contributed by atoms with Crippen LogP contribution in [-0.2, 0) is 23.2 Å². The van der Waals surface area contributed by atoms with Crippen molar-refractivity contribution in [1.82, 2.24) is 9.71 Å². The van der Waals surface area contributed by atoms with Crippen LogP contribution in [0.25, 0.3) is 0 Å². The van der Waals surface area contributed by atoms with Gasteiger partial charge in [-0.1, -0.05) is 17.7 Å². The van der Waals surface area contributed by atoms with Crippen molar-refractivity contribution in [3.05, 3.63) is 44.9 Å². The van der Waals surface area contributed by atoms with Gasteiger partial charge in [-0.3, -0.25) is 0 Å². The van der Waals surface area contributed by atoms with Crippen LogP contribution in [0, 0.1) is 6.92 Å². The molecule has 8 heteroatoms. The number of halogens is 1. The Morgan fingerprint density at radius 2 is 2.20 bits per heavy atom. The van der Waals surface area contributed by atoms with Gasteiger partial charge in [0.15, 0.2) is 0 Å². The van der Waals surface area contributed by atoms with Gasteiger partial charge in [-0.15, -0.1) is 11.3 Å². The van der Waals surface area contributed by atoms with E-state index in [1.807, 2.05) is 6.92 Å². The summed E-state index contributed by atoms with van der Waals surface area (Å²) >= 11 is 7.33.